The van der Waals surface area contributed by atoms with E-state index in [9.17, 15) is 13.2 Å². The summed E-state index contributed by atoms with van der Waals surface area (Å²) < 4.78 is 27.0. The van der Waals surface area contributed by atoms with E-state index in [4.69, 9.17) is 0 Å². The van der Waals surface area contributed by atoms with Gasteiger partial charge in [0.1, 0.15) is 0 Å². The van der Waals surface area contributed by atoms with Gasteiger partial charge >= 0.3 is 0 Å². The summed E-state index contributed by atoms with van der Waals surface area (Å²) in [7, 11) is -3.47. The van der Waals surface area contributed by atoms with Crippen LogP contribution in [0, 0.1) is 0 Å². The van der Waals surface area contributed by atoms with Crippen molar-refractivity contribution in [2.24, 2.45) is 4.40 Å². The van der Waals surface area contributed by atoms with Crippen LogP contribution in [0.25, 0.3) is 0 Å². The average molecular weight is 296 g/mol. The number of amidine groups is 1. The number of allylic oxidation sites excluding steroid dienone is 2. The first-order valence-corrected chi connectivity index (χ1v) is 8.16. The van der Waals surface area contributed by atoms with Gasteiger partial charge in [-0.25, -0.2) is 8.42 Å². The minimum absolute atomic E-state index is 0.0255. The molecule has 3 rings (SSSR count). The van der Waals surface area contributed by atoms with Crippen LogP contribution in [-0.2, 0) is 14.8 Å². The fourth-order valence-corrected chi connectivity index (χ4v) is 3.42. The van der Waals surface area contributed by atoms with Crippen LogP contribution in [0.4, 0.5) is 0 Å². The number of rotatable bonds is 2. The van der Waals surface area contributed by atoms with Gasteiger partial charge in [-0.2, -0.15) is 0 Å². The molecule has 1 unspecified atom stereocenters. The van der Waals surface area contributed by atoms with Crippen molar-refractivity contribution in [3.63, 3.8) is 0 Å². The molecule has 1 fully saturated rings. The Morgan fingerprint density at radius 3 is 3.10 bits per heavy atom. The highest BCUT2D eigenvalue weighted by molar-refractivity contribution is 7.90. The Bertz CT molecular complexity index is 615. The molecule has 0 aromatic rings. The van der Waals surface area contributed by atoms with Gasteiger partial charge in [0, 0.05) is 25.3 Å². The molecule has 0 aromatic heterocycles. The fraction of sp³-hybridized carbons (Fsp3) is 0.500. The van der Waals surface area contributed by atoms with Gasteiger partial charge in [0.2, 0.25) is 0 Å². The number of amides is 1. The highest BCUT2D eigenvalue weighted by Crippen LogP contribution is 2.18. The number of hydrogen-bond donors (Lipinski definition) is 2. The standard InChI is InChI=1S/C12H16N4O3S/c17-12(14-9-3-4-13-8-9)10-2-1-5-16-6-7-20(18,19)15-11(10)16/h1-2,5,9,13H,3-4,6-8H2,(H,14,17). The summed E-state index contributed by atoms with van der Waals surface area (Å²) in [5, 5.41) is 6.07. The van der Waals surface area contributed by atoms with E-state index in [0.717, 1.165) is 19.5 Å². The summed E-state index contributed by atoms with van der Waals surface area (Å²) >= 11 is 0. The van der Waals surface area contributed by atoms with Gasteiger partial charge in [-0.15, -0.1) is 4.40 Å². The molecule has 3 aliphatic heterocycles. The number of carbonyl (C=O) groups is 1. The summed E-state index contributed by atoms with van der Waals surface area (Å²) in [6, 6.07) is 0.0866. The van der Waals surface area contributed by atoms with Crippen molar-refractivity contribution in [1.29, 1.82) is 0 Å². The Labute approximate surface area is 117 Å². The van der Waals surface area contributed by atoms with Crippen LogP contribution in [0.3, 0.4) is 0 Å². The van der Waals surface area contributed by atoms with Gasteiger partial charge in [-0.05, 0) is 25.1 Å². The zero-order chi connectivity index (χ0) is 14.2. The zero-order valence-electron chi connectivity index (χ0n) is 10.9. The largest absolute Gasteiger partial charge is 0.348 e. The normalized spacial score (nSPS) is 27.6. The molecule has 20 heavy (non-hydrogen) atoms. The molecule has 0 bridgehead atoms. The Kier molecular flexibility index (Phi) is 3.35. The molecule has 1 atom stereocenters. The van der Waals surface area contributed by atoms with Crippen molar-refractivity contribution < 1.29 is 13.2 Å². The minimum Gasteiger partial charge on any atom is -0.348 e. The number of carbonyl (C=O) groups excluding carboxylic acids is 1. The molecule has 1 saturated heterocycles. The number of fused-ring (bicyclic) bond motifs is 1. The molecule has 1 amide bonds. The summed E-state index contributed by atoms with van der Waals surface area (Å²) in [5.74, 6) is -0.0754. The molecular weight excluding hydrogens is 280 g/mol. The second-order valence-corrected chi connectivity index (χ2v) is 6.73. The van der Waals surface area contributed by atoms with Crippen LogP contribution in [-0.4, -0.2) is 56.5 Å². The lowest BCUT2D eigenvalue weighted by atomic mass is 10.1. The van der Waals surface area contributed by atoms with Crippen molar-refractivity contribution in [3.05, 3.63) is 23.9 Å². The number of nitrogens with zero attached hydrogens (tertiary/aromatic N) is 2. The SMILES string of the molecule is O=C(NC1CCNC1)C1=CC=CN2CCS(=O)(=O)N=C12. The van der Waals surface area contributed by atoms with Crippen LogP contribution < -0.4 is 10.6 Å². The predicted molar refractivity (Wildman–Crippen MR) is 74.6 cm³/mol. The smallest absolute Gasteiger partial charge is 0.256 e. The maximum absolute atomic E-state index is 12.3. The molecule has 0 aromatic carbocycles. The van der Waals surface area contributed by atoms with E-state index in [1.54, 1.807) is 23.3 Å². The Balaban J connectivity index is 1.84. The first kappa shape index (κ1) is 13.3. The molecule has 3 aliphatic rings. The monoisotopic (exact) mass is 296 g/mol. The van der Waals surface area contributed by atoms with Gasteiger partial charge in [0.15, 0.2) is 5.84 Å². The summed E-state index contributed by atoms with van der Waals surface area (Å²) in [6.07, 6.45) is 5.96. The predicted octanol–water partition coefficient (Wildman–Crippen LogP) is -1.04. The maximum Gasteiger partial charge on any atom is 0.256 e. The number of hydrogen-bond acceptors (Lipinski definition) is 5. The van der Waals surface area contributed by atoms with Crippen LogP contribution in [0.5, 0.6) is 0 Å². The first-order valence-electron chi connectivity index (χ1n) is 6.55. The lowest BCUT2D eigenvalue weighted by molar-refractivity contribution is -0.117. The molecule has 0 saturated carbocycles. The maximum atomic E-state index is 12.3. The highest BCUT2D eigenvalue weighted by atomic mass is 32.2. The second-order valence-electron chi connectivity index (χ2n) is 4.98. The molecule has 2 N–H and O–H groups in total. The molecule has 7 nitrogen and oxygen atoms in total. The van der Waals surface area contributed by atoms with Crippen LogP contribution in [0.2, 0.25) is 0 Å². The van der Waals surface area contributed by atoms with Crippen LogP contribution >= 0.6 is 0 Å². The topological polar surface area (TPSA) is 90.9 Å². The number of nitrogens with one attached hydrogen (secondary N) is 2. The minimum atomic E-state index is -3.47. The number of sulfonamides is 1. The third-order valence-corrected chi connectivity index (χ3v) is 4.65. The summed E-state index contributed by atoms with van der Waals surface area (Å²) in [6.45, 7) is 1.95. The van der Waals surface area contributed by atoms with E-state index in [2.05, 4.69) is 15.0 Å². The van der Waals surface area contributed by atoms with Crippen LogP contribution in [0.1, 0.15) is 6.42 Å². The van der Waals surface area contributed by atoms with Crippen LogP contribution in [0.15, 0.2) is 28.3 Å². The van der Waals surface area contributed by atoms with E-state index in [-0.39, 0.29) is 23.5 Å². The van der Waals surface area contributed by atoms with Crippen molar-refractivity contribution in [2.75, 3.05) is 25.4 Å². The molecule has 108 valence electrons. The lowest BCUT2D eigenvalue weighted by Gasteiger charge is -2.29. The molecular formula is C12H16N4O3S. The van der Waals surface area contributed by atoms with E-state index in [1.807, 2.05) is 0 Å². The average Bonchev–Trinajstić information content (AvgIpc) is 2.89. The fourth-order valence-electron chi connectivity index (χ4n) is 2.43. The molecule has 0 spiro atoms. The third kappa shape index (κ3) is 2.61. The van der Waals surface area contributed by atoms with Crippen molar-refractivity contribution in [3.8, 4) is 0 Å². The van der Waals surface area contributed by atoms with Gasteiger partial charge in [-0.3, -0.25) is 4.79 Å². The highest BCUT2D eigenvalue weighted by Gasteiger charge is 2.30. The lowest BCUT2D eigenvalue weighted by Crippen LogP contribution is -2.44. The second kappa shape index (κ2) is 5.02. The van der Waals surface area contributed by atoms with E-state index >= 15 is 0 Å². The van der Waals surface area contributed by atoms with Gasteiger partial charge in [-0.1, -0.05) is 0 Å². The zero-order valence-corrected chi connectivity index (χ0v) is 11.7. The quantitative estimate of drug-likeness (QED) is 0.679. The first-order chi connectivity index (χ1) is 9.55. The van der Waals surface area contributed by atoms with E-state index in [1.165, 1.54) is 0 Å². The van der Waals surface area contributed by atoms with E-state index in [0.29, 0.717) is 12.1 Å². The molecule has 0 radical (unpaired) electrons. The summed E-state index contributed by atoms with van der Waals surface area (Å²) in [4.78, 5) is 14.0. The Morgan fingerprint density at radius 1 is 1.50 bits per heavy atom. The van der Waals surface area contributed by atoms with E-state index < -0.39 is 10.0 Å². The third-order valence-electron chi connectivity index (χ3n) is 3.50. The van der Waals surface area contributed by atoms with Gasteiger partial charge in [0.05, 0.1) is 11.3 Å². The van der Waals surface area contributed by atoms with Crippen molar-refractivity contribution in [2.45, 2.75) is 12.5 Å². The van der Waals surface area contributed by atoms with Crippen molar-refractivity contribution >= 4 is 21.8 Å². The van der Waals surface area contributed by atoms with Gasteiger partial charge in [0.25, 0.3) is 15.9 Å². The van der Waals surface area contributed by atoms with Gasteiger partial charge < -0.3 is 15.5 Å². The summed E-state index contributed by atoms with van der Waals surface area (Å²) in [5.41, 5.74) is 0.308. The molecule has 0 aliphatic carbocycles. The molecule has 8 heteroatoms. The Hall–Kier alpha value is -1.67. The molecule has 3 heterocycles. The Morgan fingerprint density at radius 2 is 2.35 bits per heavy atom. The van der Waals surface area contributed by atoms with Crippen molar-refractivity contribution in [1.82, 2.24) is 15.5 Å².